The van der Waals surface area contributed by atoms with Gasteiger partial charge in [-0.15, -0.1) is 0 Å². The molecule has 158 valence electrons. The Balaban J connectivity index is 1.81. The molecule has 0 saturated carbocycles. The van der Waals surface area contributed by atoms with Gasteiger partial charge in [0.15, 0.2) is 11.5 Å². The summed E-state index contributed by atoms with van der Waals surface area (Å²) >= 11 is 1.02. The number of nitro benzene ring substituents is 1. The van der Waals surface area contributed by atoms with Crippen LogP contribution < -0.4 is 9.47 Å². The van der Waals surface area contributed by atoms with Gasteiger partial charge in [0.2, 0.25) is 6.79 Å². The van der Waals surface area contributed by atoms with Gasteiger partial charge in [-0.3, -0.25) is 10.1 Å². The predicted molar refractivity (Wildman–Crippen MR) is 115 cm³/mol. The van der Waals surface area contributed by atoms with Gasteiger partial charge in [0, 0.05) is 0 Å². The van der Waals surface area contributed by atoms with Crippen LogP contribution >= 0.6 is 11.8 Å². The zero-order valence-electron chi connectivity index (χ0n) is 16.2. The number of carbonyl (C=O) groups excluding carboxylic acids is 1. The van der Waals surface area contributed by atoms with Crippen molar-refractivity contribution in [2.24, 2.45) is 4.99 Å². The molecule has 2 aliphatic rings. The molecule has 1 N–H and O–H groups in total. The van der Waals surface area contributed by atoms with Gasteiger partial charge in [-0.25, -0.2) is 9.79 Å². The first-order valence-corrected chi connectivity index (χ1v) is 10.0. The molecule has 0 saturated heterocycles. The predicted octanol–water partition coefficient (Wildman–Crippen LogP) is 4.52. The van der Waals surface area contributed by atoms with Gasteiger partial charge in [0.1, 0.15) is 16.4 Å². The van der Waals surface area contributed by atoms with Gasteiger partial charge in [-0.1, -0.05) is 30.0 Å². The smallest absolute Gasteiger partial charge is 0.344 e. The van der Waals surface area contributed by atoms with Crippen LogP contribution in [-0.2, 0) is 9.53 Å². The van der Waals surface area contributed by atoms with Gasteiger partial charge in [0.25, 0.3) is 5.69 Å². The highest BCUT2D eigenvalue weighted by atomic mass is 32.2. The fraction of sp³-hybridized carbons (Fsp3) is 0.143. The number of benzene rings is 2. The summed E-state index contributed by atoms with van der Waals surface area (Å²) in [6, 6.07) is 11.6. The Hall–Kier alpha value is -3.79. The van der Waals surface area contributed by atoms with Gasteiger partial charge in [-0.05, 0) is 31.2 Å². The molecule has 0 spiro atoms. The lowest BCUT2D eigenvalue weighted by Crippen LogP contribution is -2.12. The zero-order valence-corrected chi connectivity index (χ0v) is 17.0. The van der Waals surface area contributed by atoms with E-state index in [1.54, 1.807) is 31.2 Å². The van der Waals surface area contributed by atoms with Gasteiger partial charge < -0.3 is 19.3 Å². The summed E-state index contributed by atoms with van der Waals surface area (Å²) in [7, 11) is 0. The number of para-hydroxylation sites is 1. The Morgan fingerprint density at radius 2 is 2.00 bits per heavy atom. The van der Waals surface area contributed by atoms with Crippen LogP contribution in [0, 0.1) is 10.1 Å². The van der Waals surface area contributed by atoms with Crippen LogP contribution in [0.15, 0.2) is 63.7 Å². The maximum Gasteiger partial charge on any atom is 0.344 e. The Kier molecular flexibility index (Phi) is 5.63. The van der Waals surface area contributed by atoms with E-state index in [9.17, 15) is 20.0 Å². The molecule has 0 amide bonds. The maximum atomic E-state index is 12.5. The number of nitrogens with zero attached hydrogens (tertiary/aromatic N) is 2. The first-order chi connectivity index (χ1) is 15.0. The number of nitro groups is 1. The van der Waals surface area contributed by atoms with Crippen LogP contribution in [0.2, 0.25) is 0 Å². The number of rotatable bonds is 5. The molecular formula is C21H16N2O7S. The first-order valence-electron chi connectivity index (χ1n) is 9.20. The van der Waals surface area contributed by atoms with E-state index < -0.39 is 10.9 Å². The van der Waals surface area contributed by atoms with Crippen LogP contribution in [0.5, 0.6) is 11.5 Å². The molecule has 0 fully saturated rings. The average Bonchev–Trinajstić information content (AvgIpc) is 3.32. The highest BCUT2D eigenvalue weighted by Crippen LogP contribution is 2.43. The molecule has 10 heteroatoms. The zero-order chi connectivity index (χ0) is 22.0. The molecule has 0 atom stereocenters. The summed E-state index contributed by atoms with van der Waals surface area (Å²) < 4.78 is 15.6. The van der Waals surface area contributed by atoms with Crippen molar-refractivity contribution in [3.63, 3.8) is 0 Å². The Bertz CT molecular complexity index is 1160. The van der Waals surface area contributed by atoms with E-state index in [2.05, 4.69) is 4.99 Å². The number of carbonyl (C=O) groups is 1. The van der Waals surface area contributed by atoms with Crippen LogP contribution in [-0.4, -0.2) is 34.4 Å². The summed E-state index contributed by atoms with van der Waals surface area (Å²) in [4.78, 5) is 28.1. The number of aliphatic hydroxyl groups is 1. The number of esters is 1. The molecule has 0 bridgehead atoms. The second-order valence-corrected chi connectivity index (χ2v) is 7.36. The van der Waals surface area contributed by atoms with Crippen LogP contribution in [0.25, 0.3) is 6.08 Å². The number of aliphatic imine (C=N–C) groups is 1. The topological polar surface area (TPSA) is 120 Å². The van der Waals surface area contributed by atoms with Gasteiger partial charge >= 0.3 is 5.97 Å². The summed E-state index contributed by atoms with van der Waals surface area (Å²) in [6.45, 7) is 1.73. The molecule has 2 aliphatic heterocycles. The normalized spacial score (nSPS) is 17.5. The standard InChI is InChI=1S/C21H16N2O7S/c1-2-28-21(25)18-19(24)17(31-20(18)22-13-6-4-3-5-7-13)9-12-8-15-16(30-11-29-15)10-14(12)23(26)27/h3-10,24H,2,11H2,1H3/b17-9+,22-20?. The minimum atomic E-state index is -0.731. The molecule has 0 unspecified atom stereocenters. The number of hydrogen-bond donors (Lipinski definition) is 1. The third-order valence-electron chi connectivity index (χ3n) is 4.36. The highest BCUT2D eigenvalue weighted by Gasteiger charge is 2.34. The lowest BCUT2D eigenvalue weighted by atomic mass is 10.1. The van der Waals surface area contributed by atoms with Crippen molar-refractivity contribution in [2.45, 2.75) is 6.92 Å². The Labute approximate surface area is 180 Å². The quantitative estimate of drug-likeness (QED) is 0.409. The monoisotopic (exact) mass is 440 g/mol. The van der Waals surface area contributed by atoms with Crippen molar-refractivity contribution < 1.29 is 29.0 Å². The van der Waals surface area contributed by atoms with Crippen molar-refractivity contribution in [2.75, 3.05) is 13.4 Å². The molecule has 9 nitrogen and oxygen atoms in total. The maximum absolute atomic E-state index is 12.5. The number of thioether (sulfide) groups is 1. The molecule has 0 radical (unpaired) electrons. The van der Waals surface area contributed by atoms with E-state index in [4.69, 9.17) is 14.2 Å². The molecule has 4 rings (SSSR count). The van der Waals surface area contributed by atoms with Crippen molar-refractivity contribution >= 4 is 40.2 Å². The number of aliphatic hydroxyl groups excluding tert-OH is 1. The van der Waals surface area contributed by atoms with E-state index in [1.165, 1.54) is 18.2 Å². The molecule has 0 aliphatic carbocycles. The third-order valence-corrected chi connectivity index (χ3v) is 5.38. The lowest BCUT2D eigenvalue weighted by molar-refractivity contribution is -0.385. The Morgan fingerprint density at radius 1 is 1.29 bits per heavy atom. The molecule has 31 heavy (non-hydrogen) atoms. The van der Waals surface area contributed by atoms with Crippen molar-refractivity contribution in [3.8, 4) is 11.5 Å². The fourth-order valence-corrected chi connectivity index (χ4v) is 4.00. The number of fused-ring (bicyclic) bond motifs is 1. The van der Waals surface area contributed by atoms with E-state index >= 15 is 0 Å². The minimum absolute atomic E-state index is 0.0344. The largest absolute Gasteiger partial charge is 0.506 e. The van der Waals surface area contributed by atoms with E-state index in [-0.39, 0.29) is 51.7 Å². The fourth-order valence-electron chi connectivity index (χ4n) is 2.97. The van der Waals surface area contributed by atoms with E-state index in [0.717, 1.165) is 11.8 Å². The van der Waals surface area contributed by atoms with E-state index in [0.29, 0.717) is 11.4 Å². The second kappa shape index (κ2) is 8.52. The summed E-state index contributed by atoms with van der Waals surface area (Å²) in [6.07, 6.45) is 1.41. The van der Waals surface area contributed by atoms with E-state index in [1.807, 2.05) is 6.07 Å². The van der Waals surface area contributed by atoms with Crippen molar-refractivity contribution in [3.05, 3.63) is 74.4 Å². The third kappa shape index (κ3) is 4.10. The van der Waals surface area contributed by atoms with Gasteiger partial charge in [0.05, 0.1) is 33.8 Å². The molecule has 2 aromatic carbocycles. The number of hydrogen-bond acceptors (Lipinski definition) is 9. The average molecular weight is 440 g/mol. The molecule has 2 heterocycles. The van der Waals surface area contributed by atoms with Gasteiger partial charge in [-0.2, -0.15) is 0 Å². The Morgan fingerprint density at radius 3 is 2.68 bits per heavy atom. The highest BCUT2D eigenvalue weighted by molar-refractivity contribution is 8.18. The molecule has 0 aromatic heterocycles. The van der Waals surface area contributed by atoms with Crippen molar-refractivity contribution in [1.82, 2.24) is 0 Å². The van der Waals surface area contributed by atoms with Crippen LogP contribution in [0.4, 0.5) is 11.4 Å². The molecular weight excluding hydrogens is 424 g/mol. The van der Waals surface area contributed by atoms with Crippen molar-refractivity contribution in [1.29, 1.82) is 0 Å². The number of ether oxygens (including phenoxy) is 3. The minimum Gasteiger partial charge on any atom is -0.506 e. The SMILES string of the molecule is CCOC(=O)C1=C(O)/C(=C\c2cc3c(cc2[N+](=O)[O-])OCO3)SC1=Nc1ccccc1. The van der Waals surface area contributed by atoms with Crippen LogP contribution in [0.1, 0.15) is 12.5 Å². The molecule has 2 aromatic rings. The summed E-state index contributed by atoms with van der Waals surface area (Å²) in [5, 5.41) is 22.5. The van der Waals surface area contributed by atoms with Crippen LogP contribution in [0.3, 0.4) is 0 Å². The summed E-state index contributed by atoms with van der Waals surface area (Å²) in [5.41, 5.74) is 0.448. The first kappa shape index (κ1) is 20.5. The second-order valence-electron chi connectivity index (χ2n) is 6.33. The lowest BCUT2D eigenvalue weighted by Gasteiger charge is -2.03. The summed E-state index contributed by atoms with van der Waals surface area (Å²) in [5.74, 6) is -0.463.